The highest BCUT2D eigenvalue weighted by Crippen LogP contribution is 2.78. The molecule has 0 aromatic rings. The molecule has 3 saturated carbocycles. The molecule has 2 bridgehead atoms. The van der Waals surface area contributed by atoms with Gasteiger partial charge in [-0.1, -0.05) is 13.8 Å². The summed E-state index contributed by atoms with van der Waals surface area (Å²) in [5.74, 6) is 0.104. The molecule has 5 heteroatoms. The maximum atomic E-state index is 12.6. The molecule has 0 aromatic heterocycles. The lowest BCUT2D eigenvalue weighted by molar-refractivity contribution is -0.351. The lowest BCUT2D eigenvalue weighted by Gasteiger charge is -2.69. The van der Waals surface area contributed by atoms with Crippen molar-refractivity contribution in [2.75, 3.05) is 0 Å². The van der Waals surface area contributed by atoms with Crippen LogP contribution in [0.4, 0.5) is 13.2 Å². The standard InChI is InChI=1S/C12H18F3NO/c1-7(2)8(3)16-9(17)10-4-11(5-10,6-10)12(13,14)15/h7-8H,4-6H2,1-3H3,(H,16,17)/t8-,10?,11?/m1/s1. The number of alkyl halides is 3. The Morgan fingerprint density at radius 1 is 1.18 bits per heavy atom. The van der Waals surface area contributed by atoms with Crippen molar-refractivity contribution in [1.29, 1.82) is 0 Å². The van der Waals surface area contributed by atoms with Crippen molar-refractivity contribution in [2.45, 2.75) is 52.3 Å². The molecule has 3 rings (SSSR count). The van der Waals surface area contributed by atoms with E-state index in [-0.39, 0.29) is 31.2 Å². The van der Waals surface area contributed by atoms with Crippen LogP contribution in [0.5, 0.6) is 0 Å². The third-order valence-electron chi connectivity index (χ3n) is 4.47. The van der Waals surface area contributed by atoms with Gasteiger partial charge in [-0.05, 0) is 32.1 Å². The summed E-state index contributed by atoms with van der Waals surface area (Å²) in [4.78, 5) is 11.9. The Morgan fingerprint density at radius 3 is 2.00 bits per heavy atom. The van der Waals surface area contributed by atoms with Gasteiger partial charge >= 0.3 is 6.18 Å². The summed E-state index contributed by atoms with van der Waals surface area (Å²) < 4.78 is 37.8. The van der Waals surface area contributed by atoms with E-state index in [2.05, 4.69) is 5.32 Å². The van der Waals surface area contributed by atoms with E-state index >= 15 is 0 Å². The van der Waals surface area contributed by atoms with Gasteiger partial charge in [0.05, 0.1) is 10.8 Å². The maximum Gasteiger partial charge on any atom is 0.394 e. The molecule has 3 aliphatic carbocycles. The molecule has 0 saturated heterocycles. The van der Waals surface area contributed by atoms with Gasteiger partial charge in [-0.3, -0.25) is 4.79 Å². The number of amides is 1. The lowest BCUT2D eigenvalue weighted by atomic mass is 9.34. The number of carbonyl (C=O) groups excluding carboxylic acids is 1. The molecule has 1 N–H and O–H groups in total. The summed E-state index contributed by atoms with van der Waals surface area (Å²) in [7, 11) is 0. The lowest BCUT2D eigenvalue weighted by Crippen LogP contribution is -2.73. The van der Waals surface area contributed by atoms with Crippen LogP contribution in [0.1, 0.15) is 40.0 Å². The van der Waals surface area contributed by atoms with E-state index in [9.17, 15) is 18.0 Å². The molecule has 17 heavy (non-hydrogen) atoms. The Labute approximate surface area is 98.9 Å². The van der Waals surface area contributed by atoms with Gasteiger partial charge < -0.3 is 5.32 Å². The molecule has 3 aliphatic rings. The predicted octanol–water partition coefficient (Wildman–Crippen LogP) is 2.88. The Morgan fingerprint density at radius 2 is 1.65 bits per heavy atom. The van der Waals surface area contributed by atoms with E-state index in [1.54, 1.807) is 0 Å². The third-order valence-corrected chi connectivity index (χ3v) is 4.47. The zero-order chi connectivity index (χ0) is 13.1. The molecular formula is C12H18F3NO. The van der Waals surface area contributed by atoms with Crippen LogP contribution in [0.15, 0.2) is 0 Å². The summed E-state index contributed by atoms with van der Waals surface area (Å²) in [5, 5.41) is 2.82. The fourth-order valence-electron chi connectivity index (χ4n) is 2.86. The second-order valence-electron chi connectivity index (χ2n) is 6.09. The second-order valence-corrected chi connectivity index (χ2v) is 6.09. The van der Waals surface area contributed by atoms with Crippen LogP contribution in [0.3, 0.4) is 0 Å². The van der Waals surface area contributed by atoms with E-state index in [0.29, 0.717) is 5.92 Å². The molecule has 0 unspecified atom stereocenters. The van der Waals surface area contributed by atoms with Gasteiger partial charge in [-0.25, -0.2) is 0 Å². The average Bonchev–Trinajstić information content (AvgIpc) is 1.94. The van der Waals surface area contributed by atoms with Gasteiger partial charge in [0.15, 0.2) is 0 Å². The van der Waals surface area contributed by atoms with Crippen molar-refractivity contribution in [3.05, 3.63) is 0 Å². The van der Waals surface area contributed by atoms with Gasteiger partial charge in [0.25, 0.3) is 0 Å². The molecule has 1 amide bonds. The van der Waals surface area contributed by atoms with Crippen LogP contribution in [-0.4, -0.2) is 18.1 Å². The number of carbonyl (C=O) groups is 1. The summed E-state index contributed by atoms with van der Waals surface area (Å²) in [5.41, 5.74) is -2.25. The van der Waals surface area contributed by atoms with Gasteiger partial charge in [0.1, 0.15) is 0 Å². The molecule has 1 atom stereocenters. The van der Waals surface area contributed by atoms with E-state index in [4.69, 9.17) is 0 Å². The second kappa shape index (κ2) is 3.39. The molecular weight excluding hydrogens is 231 g/mol. The molecule has 2 nitrogen and oxygen atoms in total. The Balaban J connectivity index is 1.91. The first kappa shape index (κ1) is 12.7. The first-order chi connectivity index (χ1) is 7.62. The van der Waals surface area contributed by atoms with E-state index in [1.165, 1.54) is 0 Å². The third kappa shape index (κ3) is 1.66. The van der Waals surface area contributed by atoms with Crippen molar-refractivity contribution >= 4 is 5.91 Å². The molecule has 98 valence electrons. The highest BCUT2D eigenvalue weighted by atomic mass is 19.4. The molecule has 0 aromatic carbocycles. The first-order valence-electron chi connectivity index (χ1n) is 6.00. The monoisotopic (exact) mass is 249 g/mol. The van der Waals surface area contributed by atoms with E-state index < -0.39 is 17.0 Å². The molecule has 3 fully saturated rings. The van der Waals surface area contributed by atoms with Gasteiger partial charge in [0, 0.05) is 6.04 Å². The normalized spacial score (nSPS) is 37.1. The van der Waals surface area contributed by atoms with Crippen molar-refractivity contribution in [2.24, 2.45) is 16.7 Å². The van der Waals surface area contributed by atoms with Gasteiger partial charge in [0.2, 0.25) is 5.91 Å². The van der Waals surface area contributed by atoms with Crippen LogP contribution in [-0.2, 0) is 4.79 Å². The summed E-state index contributed by atoms with van der Waals surface area (Å²) in [6.07, 6.45) is -4.18. The minimum absolute atomic E-state index is 0.0124. The number of hydrogen-bond donors (Lipinski definition) is 1. The Hall–Kier alpha value is -0.740. The van der Waals surface area contributed by atoms with Gasteiger partial charge in [-0.2, -0.15) is 13.2 Å². The van der Waals surface area contributed by atoms with E-state index in [0.717, 1.165) is 0 Å². The average molecular weight is 249 g/mol. The van der Waals surface area contributed by atoms with Crippen molar-refractivity contribution < 1.29 is 18.0 Å². The number of rotatable bonds is 3. The fraction of sp³-hybridized carbons (Fsp3) is 0.917. The van der Waals surface area contributed by atoms with Crippen LogP contribution in [0.2, 0.25) is 0 Å². The molecule has 0 spiro atoms. The highest BCUT2D eigenvalue weighted by Gasteiger charge is 2.80. The molecule has 0 heterocycles. The first-order valence-corrected chi connectivity index (χ1v) is 6.00. The molecule has 0 aliphatic heterocycles. The zero-order valence-electron chi connectivity index (χ0n) is 10.3. The largest absolute Gasteiger partial charge is 0.394 e. The van der Waals surface area contributed by atoms with Gasteiger partial charge in [-0.15, -0.1) is 0 Å². The summed E-state index contributed by atoms with van der Waals surface area (Å²) in [6, 6.07) is 0.0124. The van der Waals surface area contributed by atoms with Crippen molar-refractivity contribution in [3.8, 4) is 0 Å². The number of hydrogen-bond acceptors (Lipinski definition) is 1. The number of nitrogens with one attached hydrogen (secondary N) is 1. The summed E-state index contributed by atoms with van der Waals surface area (Å²) >= 11 is 0. The molecule has 0 radical (unpaired) electrons. The van der Waals surface area contributed by atoms with Crippen molar-refractivity contribution in [1.82, 2.24) is 5.32 Å². The SMILES string of the molecule is CC(C)[C@@H](C)NC(=O)C12CC(C(F)(F)F)(C1)C2. The number of halogens is 3. The maximum absolute atomic E-state index is 12.6. The zero-order valence-corrected chi connectivity index (χ0v) is 10.3. The quantitative estimate of drug-likeness (QED) is 0.818. The predicted molar refractivity (Wildman–Crippen MR) is 57.2 cm³/mol. The van der Waals surface area contributed by atoms with Crippen LogP contribution < -0.4 is 5.32 Å². The highest BCUT2D eigenvalue weighted by molar-refractivity contribution is 5.86. The van der Waals surface area contributed by atoms with Crippen molar-refractivity contribution in [3.63, 3.8) is 0 Å². The fourth-order valence-corrected chi connectivity index (χ4v) is 2.86. The minimum atomic E-state index is -4.14. The Kier molecular flexibility index (Phi) is 2.53. The smallest absolute Gasteiger partial charge is 0.353 e. The topological polar surface area (TPSA) is 29.1 Å². The summed E-state index contributed by atoms with van der Waals surface area (Å²) in [6.45, 7) is 5.84. The van der Waals surface area contributed by atoms with Crippen LogP contribution >= 0.6 is 0 Å². The Bertz CT molecular complexity index is 328. The minimum Gasteiger partial charge on any atom is -0.353 e. The van der Waals surface area contributed by atoms with E-state index in [1.807, 2.05) is 20.8 Å². The van der Waals surface area contributed by atoms with Crippen LogP contribution in [0.25, 0.3) is 0 Å². The van der Waals surface area contributed by atoms with Crippen LogP contribution in [0, 0.1) is 16.7 Å².